The molecule has 3 aromatic rings. The van der Waals surface area contributed by atoms with E-state index < -0.39 is 0 Å². The lowest BCUT2D eigenvalue weighted by atomic mass is 10.1. The van der Waals surface area contributed by atoms with Crippen LogP contribution in [0.5, 0.6) is 0 Å². The number of anilines is 2. The Morgan fingerprint density at radius 1 is 1.21 bits per heavy atom. The standard InChI is InChI=1S/C22H23ClN6/c1-2-14-21(23)20-17(27-14)9-13(26-22(20)29-10-18-19(11-29)28-18)7-12-3-4-15-16(8-12)25-6-5-24-15/h3-4,6,8-9,18-19,24,27-28H,2,5,7,10-11H2,1H3. The molecular weight excluding hydrogens is 384 g/mol. The molecule has 0 aliphatic carbocycles. The van der Waals surface area contributed by atoms with Gasteiger partial charge in [-0.2, -0.15) is 0 Å². The van der Waals surface area contributed by atoms with Gasteiger partial charge in [-0.3, -0.25) is 4.99 Å². The lowest BCUT2D eigenvalue weighted by Crippen LogP contribution is -2.28. The molecule has 2 aromatic heterocycles. The highest BCUT2D eigenvalue weighted by Crippen LogP contribution is 2.38. The maximum Gasteiger partial charge on any atom is 0.139 e. The summed E-state index contributed by atoms with van der Waals surface area (Å²) in [5.41, 5.74) is 6.51. The summed E-state index contributed by atoms with van der Waals surface area (Å²) >= 11 is 6.74. The highest BCUT2D eigenvalue weighted by molar-refractivity contribution is 6.37. The minimum atomic E-state index is 0.602. The van der Waals surface area contributed by atoms with Crippen LogP contribution in [-0.4, -0.2) is 47.9 Å². The van der Waals surface area contributed by atoms with Crippen LogP contribution in [0.1, 0.15) is 23.9 Å². The van der Waals surface area contributed by atoms with E-state index in [1.165, 1.54) is 5.56 Å². The molecular formula is C22H23ClN6. The molecule has 1 aromatic carbocycles. The third-order valence-electron chi connectivity index (χ3n) is 6.18. The zero-order valence-electron chi connectivity index (χ0n) is 16.3. The molecule has 6 rings (SSSR count). The van der Waals surface area contributed by atoms with Crippen molar-refractivity contribution in [3.05, 3.63) is 46.2 Å². The topological polar surface area (TPSA) is 78.2 Å². The minimum Gasteiger partial charge on any atom is -0.378 e. The Bertz CT molecular complexity index is 1140. The number of hydrogen-bond donors (Lipinski definition) is 3. The molecule has 2 unspecified atom stereocenters. The fourth-order valence-corrected chi connectivity index (χ4v) is 4.95. The number of rotatable bonds is 4. The van der Waals surface area contributed by atoms with Crippen LogP contribution in [0.2, 0.25) is 5.02 Å². The van der Waals surface area contributed by atoms with E-state index in [0.29, 0.717) is 12.1 Å². The van der Waals surface area contributed by atoms with Gasteiger partial charge in [0.1, 0.15) is 5.82 Å². The van der Waals surface area contributed by atoms with E-state index >= 15 is 0 Å². The first-order chi connectivity index (χ1) is 14.2. The molecule has 3 N–H and O–H groups in total. The van der Waals surface area contributed by atoms with E-state index in [1.807, 2.05) is 6.21 Å². The smallest absolute Gasteiger partial charge is 0.139 e. The molecule has 2 saturated heterocycles. The molecule has 2 fully saturated rings. The summed E-state index contributed by atoms with van der Waals surface area (Å²) in [4.78, 5) is 15.5. The Morgan fingerprint density at radius 2 is 2.07 bits per heavy atom. The van der Waals surface area contributed by atoms with E-state index in [0.717, 1.165) is 77.0 Å². The summed E-state index contributed by atoms with van der Waals surface area (Å²) in [5.74, 6) is 1.02. The van der Waals surface area contributed by atoms with Crippen LogP contribution in [0.3, 0.4) is 0 Å². The van der Waals surface area contributed by atoms with Crippen LogP contribution in [0.15, 0.2) is 29.3 Å². The quantitative estimate of drug-likeness (QED) is 0.578. The number of benzene rings is 1. The maximum absolute atomic E-state index is 6.74. The number of aryl methyl sites for hydroxylation is 1. The Balaban J connectivity index is 1.41. The summed E-state index contributed by atoms with van der Waals surface area (Å²) < 4.78 is 0. The highest BCUT2D eigenvalue weighted by Gasteiger charge is 2.45. The number of fused-ring (bicyclic) bond motifs is 3. The van der Waals surface area contributed by atoms with Crippen LogP contribution in [0.4, 0.5) is 17.2 Å². The molecule has 3 aliphatic rings. The Hall–Kier alpha value is -2.57. The van der Waals surface area contributed by atoms with Crippen molar-refractivity contribution in [2.24, 2.45) is 4.99 Å². The van der Waals surface area contributed by atoms with Gasteiger partial charge in [-0.25, -0.2) is 4.98 Å². The fraction of sp³-hybridized carbons (Fsp3) is 0.364. The van der Waals surface area contributed by atoms with Crippen molar-refractivity contribution in [1.82, 2.24) is 15.3 Å². The van der Waals surface area contributed by atoms with Gasteiger partial charge in [0.25, 0.3) is 0 Å². The molecule has 6 nitrogen and oxygen atoms in total. The molecule has 148 valence electrons. The Labute approximate surface area is 174 Å². The molecule has 7 heteroatoms. The number of aromatic amines is 1. The first kappa shape index (κ1) is 17.3. The van der Waals surface area contributed by atoms with Crippen LogP contribution >= 0.6 is 11.6 Å². The number of aliphatic imine (C=N–C) groups is 1. The summed E-state index contributed by atoms with van der Waals surface area (Å²) in [6.07, 6.45) is 3.56. The second-order valence-electron chi connectivity index (χ2n) is 8.14. The zero-order chi connectivity index (χ0) is 19.5. The van der Waals surface area contributed by atoms with Crippen molar-refractivity contribution in [2.75, 3.05) is 29.9 Å². The van der Waals surface area contributed by atoms with E-state index in [-0.39, 0.29) is 0 Å². The largest absolute Gasteiger partial charge is 0.378 e. The summed E-state index contributed by atoms with van der Waals surface area (Å²) in [5, 5.41) is 8.73. The number of pyridine rings is 1. The SMILES string of the molecule is CCc1[nH]c2cc(Cc3ccc4c(c3)N=CCN4)nc(N3CC4NC4C3)c2c1Cl. The van der Waals surface area contributed by atoms with Gasteiger partial charge in [0, 0.05) is 49.2 Å². The molecule has 0 saturated carbocycles. The van der Waals surface area contributed by atoms with Gasteiger partial charge in [0.2, 0.25) is 0 Å². The first-order valence-electron chi connectivity index (χ1n) is 10.3. The fourth-order valence-electron chi connectivity index (χ4n) is 4.58. The maximum atomic E-state index is 6.74. The summed E-state index contributed by atoms with van der Waals surface area (Å²) in [6.45, 7) is 4.91. The van der Waals surface area contributed by atoms with Crippen molar-refractivity contribution in [3.8, 4) is 0 Å². The highest BCUT2D eigenvalue weighted by atomic mass is 35.5. The number of nitrogens with zero attached hydrogens (tertiary/aromatic N) is 3. The second kappa shape index (κ2) is 6.47. The van der Waals surface area contributed by atoms with E-state index in [9.17, 15) is 0 Å². The van der Waals surface area contributed by atoms with Crippen molar-refractivity contribution in [1.29, 1.82) is 0 Å². The average molecular weight is 407 g/mol. The van der Waals surface area contributed by atoms with Crippen LogP contribution < -0.4 is 15.5 Å². The molecule has 2 atom stereocenters. The van der Waals surface area contributed by atoms with Gasteiger partial charge in [-0.05, 0) is 30.2 Å². The van der Waals surface area contributed by atoms with Crippen molar-refractivity contribution in [2.45, 2.75) is 31.8 Å². The number of halogens is 1. The number of aromatic nitrogens is 2. The van der Waals surface area contributed by atoms with Crippen LogP contribution in [0.25, 0.3) is 10.9 Å². The lowest BCUT2D eigenvalue weighted by molar-refractivity contribution is 0.808. The summed E-state index contributed by atoms with van der Waals surface area (Å²) in [6, 6.07) is 9.78. The number of nitrogens with one attached hydrogen (secondary N) is 3. The van der Waals surface area contributed by atoms with E-state index in [2.05, 4.69) is 56.7 Å². The van der Waals surface area contributed by atoms with E-state index in [1.54, 1.807) is 0 Å². The van der Waals surface area contributed by atoms with Crippen LogP contribution in [0, 0.1) is 0 Å². The lowest BCUT2D eigenvalue weighted by Gasteiger charge is -2.21. The first-order valence-corrected chi connectivity index (χ1v) is 10.7. The number of H-pyrrole nitrogens is 1. The van der Waals surface area contributed by atoms with Gasteiger partial charge >= 0.3 is 0 Å². The van der Waals surface area contributed by atoms with Crippen molar-refractivity contribution in [3.63, 3.8) is 0 Å². The average Bonchev–Trinajstić information content (AvgIpc) is 3.21. The molecule has 5 heterocycles. The van der Waals surface area contributed by atoms with Crippen molar-refractivity contribution >= 4 is 45.9 Å². The molecule has 3 aliphatic heterocycles. The van der Waals surface area contributed by atoms with E-state index in [4.69, 9.17) is 16.6 Å². The predicted molar refractivity (Wildman–Crippen MR) is 119 cm³/mol. The number of hydrogen-bond acceptors (Lipinski definition) is 5. The van der Waals surface area contributed by atoms with Crippen LogP contribution in [-0.2, 0) is 12.8 Å². The molecule has 0 spiro atoms. The summed E-state index contributed by atoms with van der Waals surface area (Å²) in [7, 11) is 0. The monoisotopic (exact) mass is 406 g/mol. The molecule has 0 bridgehead atoms. The minimum absolute atomic E-state index is 0.602. The zero-order valence-corrected chi connectivity index (χ0v) is 17.1. The van der Waals surface area contributed by atoms with Gasteiger partial charge in [-0.1, -0.05) is 24.6 Å². The van der Waals surface area contributed by atoms with Gasteiger partial charge in [0.05, 0.1) is 33.8 Å². The van der Waals surface area contributed by atoms with Gasteiger partial charge in [-0.15, -0.1) is 0 Å². The Kier molecular flexibility index (Phi) is 3.86. The van der Waals surface area contributed by atoms with Gasteiger partial charge in [0.15, 0.2) is 0 Å². The second-order valence-corrected chi connectivity index (χ2v) is 8.51. The Morgan fingerprint density at radius 3 is 2.90 bits per heavy atom. The number of piperazine rings is 1. The van der Waals surface area contributed by atoms with Crippen molar-refractivity contribution < 1.29 is 0 Å². The normalized spacial score (nSPS) is 21.9. The third-order valence-corrected chi connectivity index (χ3v) is 6.59. The predicted octanol–water partition coefficient (Wildman–Crippen LogP) is 3.66. The molecule has 0 amide bonds. The molecule has 29 heavy (non-hydrogen) atoms. The van der Waals surface area contributed by atoms with Gasteiger partial charge < -0.3 is 20.5 Å². The molecule has 0 radical (unpaired) electrons. The third kappa shape index (κ3) is 2.90.